The minimum absolute atomic E-state index is 0.179. The first-order valence-electron chi connectivity index (χ1n) is 6.49. The lowest BCUT2D eigenvalue weighted by molar-refractivity contribution is -0.137. The number of esters is 1. The van der Waals surface area contributed by atoms with Crippen LogP contribution in [0.15, 0.2) is 30.6 Å². The second kappa shape index (κ2) is 5.11. The van der Waals surface area contributed by atoms with E-state index in [0.717, 1.165) is 11.8 Å². The Morgan fingerprint density at radius 2 is 2.04 bits per heavy atom. The molecule has 0 saturated carbocycles. The van der Waals surface area contributed by atoms with Crippen LogP contribution in [0.4, 0.5) is 13.2 Å². The molecule has 0 saturated heterocycles. The number of rotatable bonds is 2. The van der Waals surface area contributed by atoms with Gasteiger partial charge in [-0.15, -0.1) is 0 Å². The second-order valence-corrected chi connectivity index (χ2v) is 4.75. The number of alkyl halides is 3. The molecule has 0 fully saturated rings. The first-order chi connectivity index (χ1) is 10.8. The van der Waals surface area contributed by atoms with Crippen LogP contribution in [0, 0.1) is 0 Å². The molecular formula is C14H11F3N4O2. The maximum Gasteiger partial charge on any atom is 0.420 e. The van der Waals surface area contributed by atoms with E-state index in [1.165, 1.54) is 29.9 Å². The maximum absolute atomic E-state index is 13.5. The smallest absolute Gasteiger partial charge is 0.420 e. The number of aryl methyl sites for hydroxylation is 1. The number of carbonyl (C=O) groups is 1. The van der Waals surface area contributed by atoms with Gasteiger partial charge in [0.05, 0.1) is 12.8 Å². The van der Waals surface area contributed by atoms with E-state index >= 15 is 0 Å². The number of hydrogen-bond acceptors (Lipinski definition) is 4. The van der Waals surface area contributed by atoms with Crippen LogP contribution in [-0.2, 0) is 18.0 Å². The highest BCUT2D eigenvalue weighted by atomic mass is 19.4. The van der Waals surface area contributed by atoms with Gasteiger partial charge >= 0.3 is 12.1 Å². The topological polar surface area (TPSA) is 61.4 Å². The van der Waals surface area contributed by atoms with E-state index in [-0.39, 0.29) is 11.4 Å². The summed E-state index contributed by atoms with van der Waals surface area (Å²) in [5.41, 5.74) is -1.48. The summed E-state index contributed by atoms with van der Waals surface area (Å²) in [5.74, 6) is -1.10. The zero-order valence-electron chi connectivity index (χ0n) is 12.1. The highest BCUT2D eigenvalue weighted by molar-refractivity contribution is 5.91. The third-order valence-corrected chi connectivity index (χ3v) is 3.38. The van der Waals surface area contributed by atoms with Crippen LogP contribution in [0.3, 0.4) is 0 Å². The average Bonchev–Trinajstić information content (AvgIpc) is 3.09. The van der Waals surface area contributed by atoms with Gasteiger partial charge in [-0.2, -0.15) is 18.3 Å². The van der Waals surface area contributed by atoms with Gasteiger partial charge < -0.3 is 4.74 Å². The molecule has 0 bridgehead atoms. The zero-order valence-corrected chi connectivity index (χ0v) is 12.1. The first-order valence-corrected chi connectivity index (χ1v) is 6.49. The Morgan fingerprint density at radius 3 is 2.70 bits per heavy atom. The van der Waals surface area contributed by atoms with Gasteiger partial charge in [0.15, 0.2) is 5.69 Å². The molecule has 23 heavy (non-hydrogen) atoms. The Labute approximate surface area is 128 Å². The fourth-order valence-electron chi connectivity index (χ4n) is 2.44. The highest BCUT2D eigenvalue weighted by Crippen LogP contribution is 2.39. The number of ether oxygens (including phenoxy) is 1. The summed E-state index contributed by atoms with van der Waals surface area (Å²) >= 11 is 0. The Morgan fingerprint density at radius 1 is 1.30 bits per heavy atom. The summed E-state index contributed by atoms with van der Waals surface area (Å²) in [7, 11) is 2.28. The Bertz CT molecular complexity index is 895. The SMILES string of the molecule is COC(=O)c1c(C(F)(F)F)c(-c2cccc3nccn23)nn1C. The lowest BCUT2D eigenvalue weighted by Gasteiger charge is -2.10. The van der Waals surface area contributed by atoms with Gasteiger partial charge in [-0.25, -0.2) is 9.78 Å². The van der Waals surface area contributed by atoms with Crippen LogP contribution in [0.1, 0.15) is 16.1 Å². The third-order valence-electron chi connectivity index (χ3n) is 3.38. The van der Waals surface area contributed by atoms with Gasteiger partial charge in [-0.3, -0.25) is 9.08 Å². The molecule has 3 aromatic heterocycles. The molecule has 0 unspecified atom stereocenters. The van der Waals surface area contributed by atoms with E-state index in [1.54, 1.807) is 12.1 Å². The maximum atomic E-state index is 13.5. The molecule has 3 aromatic rings. The van der Waals surface area contributed by atoms with E-state index in [1.807, 2.05) is 0 Å². The normalized spacial score (nSPS) is 11.9. The minimum Gasteiger partial charge on any atom is -0.464 e. The third kappa shape index (κ3) is 2.33. The number of aromatic nitrogens is 4. The van der Waals surface area contributed by atoms with Crippen molar-refractivity contribution in [1.82, 2.24) is 19.2 Å². The minimum atomic E-state index is -4.77. The van der Waals surface area contributed by atoms with Crippen LogP contribution >= 0.6 is 0 Å². The monoisotopic (exact) mass is 324 g/mol. The molecule has 0 N–H and O–H groups in total. The molecule has 0 aliphatic rings. The quantitative estimate of drug-likeness (QED) is 0.680. The summed E-state index contributed by atoms with van der Waals surface area (Å²) in [5, 5.41) is 3.89. The fourth-order valence-corrected chi connectivity index (χ4v) is 2.44. The van der Waals surface area contributed by atoms with E-state index in [4.69, 9.17) is 0 Å². The van der Waals surface area contributed by atoms with Gasteiger partial charge in [-0.1, -0.05) is 6.07 Å². The van der Waals surface area contributed by atoms with E-state index < -0.39 is 23.4 Å². The van der Waals surface area contributed by atoms with Crippen molar-refractivity contribution < 1.29 is 22.7 Å². The molecular weight excluding hydrogens is 313 g/mol. The highest BCUT2D eigenvalue weighted by Gasteiger charge is 2.43. The largest absolute Gasteiger partial charge is 0.464 e. The van der Waals surface area contributed by atoms with Crippen molar-refractivity contribution in [3.05, 3.63) is 41.9 Å². The van der Waals surface area contributed by atoms with Gasteiger partial charge in [0, 0.05) is 19.4 Å². The lowest BCUT2D eigenvalue weighted by atomic mass is 10.1. The van der Waals surface area contributed by atoms with Gasteiger partial charge in [0.2, 0.25) is 0 Å². The van der Waals surface area contributed by atoms with Crippen molar-refractivity contribution in [2.75, 3.05) is 7.11 Å². The van der Waals surface area contributed by atoms with Crippen molar-refractivity contribution in [1.29, 1.82) is 0 Å². The molecule has 3 heterocycles. The summed E-state index contributed by atoms with van der Waals surface area (Å²) in [6, 6.07) is 4.71. The second-order valence-electron chi connectivity index (χ2n) is 4.75. The molecule has 0 radical (unpaired) electrons. The number of halogens is 3. The molecule has 0 aromatic carbocycles. The fraction of sp³-hybridized carbons (Fsp3) is 0.214. The van der Waals surface area contributed by atoms with Crippen LogP contribution in [-0.4, -0.2) is 32.2 Å². The van der Waals surface area contributed by atoms with Crippen molar-refractivity contribution in [3.8, 4) is 11.4 Å². The Kier molecular flexibility index (Phi) is 3.35. The Balaban J connectivity index is 2.36. The van der Waals surface area contributed by atoms with E-state index in [9.17, 15) is 18.0 Å². The molecule has 0 aliphatic heterocycles. The summed E-state index contributed by atoms with van der Waals surface area (Å²) < 4.78 is 47.4. The van der Waals surface area contributed by atoms with Crippen molar-refractivity contribution >= 4 is 11.6 Å². The standard InChI is InChI=1S/C14H11F3N4O2/c1-20-12(13(22)23-2)10(14(15,16)17)11(19-20)8-4-3-5-9-18-6-7-21(8)9/h3-7H,1-2H3. The lowest BCUT2D eigenvalue weighted by Crippen LogP contribution is -2.16. The number of pyridine rings is 1. The molecule has 3 rings (SSSR count). The number of fused-ring (bicyclic) bond motifs is 1. The molecule has 0 aliphatic carbocycles. The number of methoxy groups -OCH3 is 1. The van der Waals surface area contributed by atoms with Gasteiger partial charge in [-0.05, 0) is 12.1 Å². The molecule has 0 spiro atoms. The van der Waals surface area contributed by atoms with Crippen molar-refractivity contribution in [2.24, 2.45) is 7.05 Å². The number of hydrogen-bond donors (Lipinski definition) is 0. The average molecular weight is 324 g/mol. The van der Waals surface area contributed by atoms with Crippen molar-refractivity contribution in [2.45, 2.75) is 6.18 Å². The summed E-state index contributed by atoms with van der Waals surface area (Å²) in [4.78, 5) is 15.8. The molecule has 0 amide bonds. The number of nitrogens with zero attached hydrogens (tertiary/aromatic N) is 4. The van der Waals surface area contributed by atoms with E-state index in [0.29, 0.717) is 5.65 Å². The first kappa shape index (κ1) is 15.1. The summed E-state index contributed by atoms with van der Waals surface area (Å²) in [6.07, 6.45) is -1.77. The van der Waals surface area contributed by atoms with Crippen LogP contribution in [0.2, 0.25) is 0 Å². The van der Waals surface area contributed by atoms with Crippen LogP contribution in [0.5, 0.6) is 0 Å². The number of carbonyl (C=O) groups excluding carboxylic acids is 1. The van der Waals surface area contributed by atoms with Crippen LogP contribution < -0.4 is 0 Å². The number of imidazole rings is 1. The Hall–Kier alpha value is -2.84. The van der Waals surface area contributed by atoms with E-state index in [2.05, 4.69) is 14.8 Å². The molecule has 0 atom stereocenters. The zero-order chi connectivity index (χ0) is 16.8. The predicted octanol–water partition coefficient (Wildman–Crippen LogP) is 2.54. The van der Waals surface area contributed by atoms with Crippen LogP contribution in [0.25, 0.3) is 17.0 Å². The van der Waals surface area contributed by atoms with Crippen molar-refractivity contribution in [3.63, 3.8) is 0 Å². The molecule has 9 heteroatoms. The van der Waals surface area contributed by atoms with Gasteiger partial charge in [0.25, 0.3) is 0 Å². The molecule has 6 nitrogen and oxygen atoms in total. The summed E-state index contributed by atoms with van der Waals surface area (Å²) in [6.45, 7) is 0. The van der Waals surface area contributed by atoms with Gasteiger partial charge in [0.1, 0.15) is 16.9 Å². The predicted molar refractivity (Wildman–Crippen MR) is 73.7 cm³/mol. The molecule has 120 valence electrons.